The van der Waals surface area contributed by atoms with Gasteiger partial charge in [-0.1, -0.05) is 6.92 Å². The normalized spacial score (nSPS) is 10.4. The Labute approximate surface area is 141 Å². The van der Waals surface area contributed by atoms with Crippen LogP contribution in [0.4, 0.5) is 18.9 Å². The van der Waals surface area contributed by atoms with Gasteiger partial charge in [-0.3, -0.25) is 14.6 Å². The minimum Gasteiger partial charge on any atom is -0.328 e. The summed E-state index contributed by atoms with van der Waals surface area (Å²) in [6, 6.07) is 1.60. The average molecular weight is 352 g/mol. The first-order chi connectivity index (χ1) is 11.9. The van der Waals surface area contributed by atoms with Crippen LogP contribution in [0.15, 0.2) is 30.7 Å². The third-order valence-electron chi connectivity index (χ3n) is 3.21. The van der Waals surface area contributed by atoms with Gasteiger partial charge in [0.2, 0.25) is 5.91 Å². The summed E-state index contributed by atoms with van der Waals surface area (Å²) >= 11 is 0. The monoisotopic (exact) mass is 352 g/mol. The van der Waals surface area contributed by atoms with Gasteiger partial charge in [-0.15, -0.1) is 0 Å². The molecule has 0 saturated carbocycles. The molecular weight excluding hydrogens is 337 g/mol. The number of benzene rings is 1. The molecule has 9 heteroatoms. The largest absolute Gasteiger partial charge is 0.328 e. The number of anilines is 1. The second-order valence-electron chi connectivity index (χ2n) is 5.09. The number of nitrogens with one attached hydrogen (secondary N) is 1. The van der Waals surface area contributed by atoms with Crippen molar-refractivity contribution >= 4 is 17.5 Å². The van der Waals surface area contributed by atoms with Crippen molar-refractivity contribution in [1.29, 1.82) is 0 Å². The molecule has 0 atom stereocenters. The second-order valence-corrected chi connectivity index (χ2v) is 5.09. The molecule has 0 unspecified atom stereocenters. The molecule has 1 aromatic carbocycles. The Hall–Kier alpha value is -2.97. The number of carbonyl (C=O) groups is 2. The summed E-state index contributed by atoms with van der Waals surface area (Å²) in [5.41, 5.74) is -0.449. The highest BCUT2D eigenvalue weighted by molar-refractivity contribution is 5.98. The fraction of sp³-hybridized carbons (Fsp3) is 0.250. The zero-order chi connectivity index (χ0) is 18.4. The molecule has 2 amide bonds. The molecule has 1 heterocycles. The number of hydrogen-bond donors (Lipinski definition) is 1. The summed E-state index contributed by atoms with van der Waals surface area (Å²) in [7, 11) is 0. The van der Waals surface area contributed by atoms with Crippen molar-refractivity contribution in [3.8, 4) is 0 Å². The van der Waals surface area contributed by atoms with Crippen LogP contribution in [0.1, 0.15) is 23.8 Å². The molecule has 0 saturated heterocycles. The van der Waals surface area contributed by atoms with E-state index in [2.05, 4.69) is 15.3 Å². The summed E-state index contributed by atoms with van der Waals surface area (Å²) in [6.45, 7) is 1.66. The molecular formula is C16H15F3N4O2. The number of nitrogens with zero attached hydrogens (tertiary/aromatic N) is 3. The lowest BCUT2D eigenvalue weighted by atomic mass is 10.2. The topological polar surface area (TPSA) is 75.2 Å². The van der Waals surface area contributed by atoms with Crippen LogP contribution < -0.4 is 5.32 Å². The molecule has 25 heavy (non-hydrogen) atoms. The predicted molar refractivity (Wildman–Crippen MR) is 83.2 cm³/mol. The summed E-state index contributed by atoms with van der Waals surface area (Å²) in [5.74, 6) is -5.82. The molecule has 6 nitrogen and oxygen atoms in total. The Bertz CT molecular complexity index is 771. The van der Waals surface area contributed by atoms with Gasteiger partial charge < -0.3 is 10.2 Å². The number of rotatable bonds is 6. The first-order valence-electron chi connectivity index (χ1n) is 7.42. The SMILES string of the molecule is CCCN(CC(=O)Nc1ccc(F)c(F)c1F)C(=O)c1cnccn1. The highest BCUT2D eigenvalue weighted by Gasteiger charge is 2.21. The third-order valence-corrected chi connectivity index (χ3v) is 3.21. The van der Waals surface area contributed by atoms with Crippen LogP contribution in [0, 0.1) is 17.5 Å². The van der Waals surface area contributed by atoms with Crippen LogP contribution in [0.3, 0.4) is 0 Å². The molecule has 132 valence electrons. The van der Waals surface area contributed by atoms with Gasteiger partial charge in [0.1, 0.15) is 12.2 Å². The van der Waals surface area contributed by atoms with Crippen LogP contribution in [0.2, 0.25) is 0 Å². The molecule has 2 rings (SSSR count). The Balaban J connectivity index is 2.10. The highest BCUT2D eigenvalue weighted by atomic mass is 19.2. The Morgan fingerprint density at radius 1 is 1.16 bits per heavy atom. The van der Waals surface area contributed by atoms with E-state index in [9.17, 15) is 22.8 Å². The van der Waals surface area contributed by atoms with Crippen molar-refractivity contribution in [3.63, 3.8) is 0 Å². The molecule has 0 aliphatic carbocycles. The first-order valence-corrected chi connectivity index (χ1v) is 7.42. The first kappa shape index (κ1) is 18.4. The molecule has 2 aromatic rings. The maximum atomic E-state index is 13.6. The number of amides is 2. The fourth-order valence-corrected chi connectivity index (χ4v) is 2.08. The van der Waals surface area contributed by atoms with E-state index in [0.29, 0.717) is 12.5 Å². The second kappa shape index (κ2) is 8.22. The van der Waals surface area contributed by atoms with Crippen molar-refractivity contribution in [2.45, 2.75) is 13.3 Å². The van der Waals surface area contributed by atoms with Crippen molar-refractivity contribution in [2.75, 3.05) is 18.4 Å². The van der Waals surface area contributed by atoms with Gasteiger partial charge in [-0.2, -0.15) is 0 Å². The van der Waals surface area contributed by atoms with Crippen molar-refractivity contribution in [1.82, 2.24) is 14.9 Å². The average Bonchev–Trinajstić information content (AvgIpc) is 2.62. The minimum atomic E-state index is -1.68. The van der Waals surface area contributed by atoms with Gasteiger partial charge in [-0.05, 0) is 18.6 Å². The fourth-order valence-electron chi connectivity index (χ4n) is 2.08. The van der Waals surface area contributed by atoms with Crippen LogP contribution in [0.5, 0.6) is 0 Å². The van der Waals surface area contributed by atoms with Gasteiger partial charge in [0, 0.05) is 18.9 Å². The smallest absolute Gasteiger partial charge is 0.274 e. The quantitative estimate of drug-likeness (QED) is 0.810. The highest BCUT2D eigenvalue weighted by Crippen LogP contribution is 2.19. The van der Waals surface area contributed by atoms with Gasteiger partial charge >= 0.3 is 0 Å². The summed E-state index contributed by atoms with van der Waals surface area (Å²) in [4.78, 5) is 33.3. The lowest BCUT2D eigenvalue weighted by molar-refractivity contribution is -0.116. The van der Waals surface area contributed by atoms with E-state index >= 15 is 0 Å². The van der Waals surface area contributed by atoms with E-state index < -0.39 is 41.5 Å². The Morgan fingerprint density at radius 3 is 2.56 bits per heavy atom. The maximum Gasteiger partial charge on any atom is 0.274 e. The van der Waals surface area contributed by atoms with Crippen LogP contribution in [0.25, 0.3) is 0 Å². The summed E-state index contributed by atoms with van der Waals surface area (Å²) in [6.07, 6.45) is 4.57. The number of halogens is 3. The number of carbonyl (C=O) groups excluding carboxylic acids is 2. The van der Waals surface area contributed by atoms with E-state index in [4.69, 9.17) is 0 Å². The minimum absolute atomic E-state index is 0.0581. The molecule has 0 fully saturated rings. The van der Waals surface area contributed by atoms with Crippen molar-refractivity contribution < 1.29 is 22.8 Å². The van der Waals surface area contributed by atoms with Crippen molar-refractivity contribution in [3.05, 3.63) is 53.9 Å². The van der Waals surface area contributed by atoms with Crippen LogP contribution in [-0.2, 0) is 4.79 Å². The van der Waals surface area contributed by atoms with Crippen molar-refractivity contribution in [2.24, 2.45) is 0 Å². The van der Waals surface area contributed by atoms with Gasteiger partial charge in [-0.25, -0.2) is 18.2 Å². The van der Waals surface area contributed by atoms with Crippen LogP contribution in [-0.4, -0.2) is 39.8 Å². The summed E-state index contributed by atoms with van der Waals surface area (Å²) < 4.78 is 39.7. The molecule has 0 spiro atoms. The van der Waals surface area contributed by atoms with E-state index in [0.717, 1.165) is 6.07 Å². The van der Waals surface area contributed by atoms with Gasteiger partial charge in [0.05, 0.1) is 11.9 Å². The lowest BCUT2D eigenvalue weighted by Gasteiger charge is -2.21. The maximum absolute atomic E-state index is 13.6. The molecule has 1 N–H and O–H groups in total. The zero-order valence-electron chi connectivity index (χ0n) is 13.3. The molecule has 0 aliphatic rings. The van der Waals surface area contributed by atoms with Gasteiger partial charge in [0.15, 0.2) is 17.5 Å². The predicted octanol–water partition coefficient (Wildman–Crippen LogP) is 2.38. The standard InChI is InChI=1S/C16H15F3N4O2/c1-2-7-23(16(25)12-8-20-5-6-21-12)9-13(24)22-11-4-3-10(17)14(18)15(11)19/h3-6,8H,2,7,9H2,1H3,(H,22,24). The number of aromatic nitrogens is 2. The van der Waals surface area contributed by atoms with E-state index in [-0.39, 0.29) is 12.2 Å². The van der Waals surface area contributed by atoms with E-state index in [1.807, 2.05) is 6.92 Å². The Morgan fingerprint density at radius 2 is 1.92 bits per heavy atom. The summed E-state index contributed by atoms with van der Waals surface area (Å²) in [5, 5.41) is 2.12. The van der Waals surface area contributed by atoms with Gasteiger partial charge in [0.25, 0.3) is 5.91 Å². The van der Waals surface area contributed by atoms with E-state index in [1.165, 1.54) is 23.5 Å². The molecule has 0 bridgehead atoms. The third kappa shape index (κ3) is 4.52. The number of hydrogen-bond acceptors (Lipinski definition) is 4. The lowest BCUT2D eigenvalue weighted by Crippen LogP contribution is -2.39. The van der Waals surface area contributed by atoms with E-state index in [1.54, 1.807) is 0 Å². The zero-order valence-corrected chi connectivity index (χ0v) is 13.3. The molecule has 0 radical (unpaired) electrons. The van der Waals surface area contributed by atoms with Crippen LogP contribution >= 0.6 is 0 Å². The molecule has 1 aromatic heterocycles. The Kier molecular flexibility index (Phi) is 6.04. The molecule has 0 aliphatic heterocycles.